The summed E-state index contributed by atoms with van der Waals surface area (Å²) in [6, 6.07) is 7.42. The van der Waals surface area contributed by atoms with E-state index in [0.29, 0.717) is 36.2 Å². The normalized spacial score (nSPS) is 13.6. The highest BCUT2D eigenvalue weighted by molar-refractivity contribution is 5.92. The number of carbonyl (C=O) groups is 1. The molecule has 0 N–H and O–H groups in total. The quantitative estimate of drug-likeness (QED) is 0.780. The van der Waals surface area contributed by atoms with E-state index in [9.17, 15) is 4.79 Å². The zero-order valence-corrected chi connectivity index (χ0v) is 14.2. The number of ether oxygens (including phenoxy) is 2. The summed E-state index contributed by atoms with van der Waals surface area (Å²) in [5, 5.41) is 3.94. The van der Waals surface area contributed by atoms with Gasteiger partial charge in [0.2, 0.25) is 0 Å². The van der Waals surface area contributed by atoms with Crippen molar-refractivity contribution in [2.75, 3.05) is 20.8 Å². The minimum absolute atomic E-state index is 0.122. The van der Waals surface area contributed by atoms with Gasteiger partial charge in [0.05, 0.1) is 14.2 Å². The van der Waals surface area contributed by atoms with Crippen LogP contribution in [0.5, 0.6) is 11.5 Å². The van der Waals surface area contributed by atoms with Gasteiger partial charge in [0.25, 0.3) is 5.91 Å². The smallest absolute Gasteiger partial charge is 0.276 e. The number of benzene rings is 1. The maximum Gasteiger partial charge on any atom is 0.276 e. The van der Waals surface area contributed by atoms with Gasteiger partial charge in [0, 0.05) is 25.1 Å². The van der Waals surface area contributed by atoms with Crippen molar-refractivity contribution in [3.8, 4) is 11.5 Å². The number of rotatable bonds is 7. The lowest BCUT2D eigenvalue weighted by Crippen LogP contribution is -2.30. The van der Waals surface area contributed by atoms with Crippen molar-refractivity contribution in [1.29, 1.82) is 0 Å². The van der Waals surface area contributed by atoms with Crippen molar-refractivity contribution in [3.05, 3.63) is 41.3 Å². The summed E-state index contributed by atoms with van der Waals surface area (Å²) >= 11 is 0. The fraction of sp³-hybridized carbons (Fsp3) is 0.444. The van der Waals surface area contributed by atoms with Crippen molar-refractivity contribution >= 4 is 5.91 Å². The summed E-state index contributed by atoms with van der Waals surface area (Å²) in [7, 11) is 3.20. The van der Waals surface area contributed by atoms with Crippen LogP contribution in [-0.4, -0.2) is 36.7 Å². The highest BCUT2D eigenvalue weighted by atomic mass is 16.5. The second kappa shape index (κ2) is 6.95. The average molecular weight is 330 g/mol. The van der Waals surface area contributed by atoms with Gasteiger partial charge in [-0.05, 0) is 37.5 Å². The molecule has 6 heteroatoms. The van der Waals surface area contributed by atoms with Gasteiger partial charge >= 0.3 is 0 Å². The summed E-state index contributed by atoms with van der Waals surface area (Å²) in [4.78, 5) is 14.4. The van der Waals surface area contributed by atoms with E-state index in [1.807, 2.05) is 25.1 Å². The van der Waals surface area contributed by atoms with Crippen LogP contribution in [0.2, 0.25) is 0 Å². The third-order valence-electron chi connectivity index (χ3n) is 4.22. The van der Waals surface area contributed by atoms with Gasteiger partial charge in [-0.3, -0.25) is 4.79 Å². The second-order valence-electron chi connectivity index (χ2n) is 5.90. The highest BCUT2D eigenvalue weighted by Crippen LogP contribution is 2.40. The van der Waals surface area contributed by atoms with Gasteiger partial charge in [0.1, 0.15) is 5.76 Å². The zero-order valence-electron chi connectivity index (χ0n) is 14.2. The van der Waals surface area contributed by atoms with Crippen molar-refractivity contribution in [2.24, 2.45) is 0 Å². The molecular weight excluding hydrogens is 308 g/mol. The van der Waals surface area contributed by atoms with Gasteiger partial charge in [-0.1, -0.05) is 11.2 Å². The minimum atomic E-state index is -0.122. The fourth-order valence-electron chi connectivity index (χ4n) is 2.64. The number of aromatic nitrogens is 1. The molecule has 0 saturated heterocycles. The topological polar surface area (TPSA) is 64.8 Å². The first-order valence-electron chi connectivity index (χ1n) is 8.13. The Hall–Kier alpha value is -2.50. The van der Waals surface area contributed by atoms with Crippen LogP contribution in [0.3, 0.4) is 0 Å². The van der Waals surface area contributed by atoms with Crippen LogP contribution >= 0.6 is 0 Å². The molecule has 1 aliphatic carbocycles. The number of nitrogens with zero attached hydrogens (tertiary/aromatic N) is 2. The monoisotopic (exact) mass is 330 g/mol. The molecule has 0 atom stereocenters. The zero-order chi connectivity index (χ0) is 17.1. The second-order valence-corrected chi connectivity index (χ2v) is 5.90. The van der Waals surface area contributed by atoms with Crippen LogP contribution in [0.1, 0.15) is 47.5 Å². The Morgan fingerprint density at radius 1 is 1.25 bits per heavy atom. The molecule has 0 bridgehead atoms. The molecule has 2 aromatic rings. The lowest BCUT2D eigenvalue weighted by molar-refractivity contribution is 0.0742. The largest absolute Gasteiger partial charge is 0.493 e. The van der Waals surface area contributed by atoms with E-state index in [1.165, 1.54) is 0 Å². The Morgan fingerprint density at radius 2 is 2.00 bits per heavy atom. The molecule has 1 heterocycles. The lowest BCUT2D eigenvalue weighted by Gasteiger charge is -2.20. The molecule has 3 rings (SSSR count). The highest BCUT2D eigenvalue weighted by Gasteiger charge is 2.29. The van der Waals surface area contributed by atoms with E-state index in [4.69, 9.17) is 14.0 Å². The SMILES string of the molecule is CCN(Cc1ccc(OC)c(OC)c1)C(=O)c1cc(C2CC2)on1. The first-order chi connectivity index (χ1) is 11.7. The van der Waals surface area contributed by atoms with Crippen LogP contribution in [0.4, 0.5) is 0 Å². The summed E-state index contributed by atoms with van der Waals surface area (Å²) < 4.78 is 15.8. The Kier molecular flexibility index (Phi) is 4.74. The van der Waals surface area contributed by atoms with Crippen LogP contribution in [0.15, 0.2) is 28.8 Å². The molecule has 0 unspecified atom stereocenters. The molecule has 1 aliphatic rings. The third kappa shape index (κ3) is 3.37. The third-order valence-corrected chi connectivity index (χ3v) is 4.22. The average Bonchev–Trinajstić information content (AvgIpc) is 3.35. The van der Waals surface area contributed by atoms with Gasteiger partial charge in [0.15, 0.2) is 17.2 Å². The molecule has 128 valence electrons. The summed E-state index contributed by atoms with van der Waals surface area (Å²) in [5.41, 5.74) is 1.34. The molecule has 0 spiro atoms. The fourth-order valence-corrected chi connectivity index (χ4v) is 2.64. The Morgan fingerprint density at radius 3 is 2.62 bits per heavy atom. The van der Waals surface area contributed by atoms with Gasteiger partial charge < -0.3 is 18.9 Å². The van der Waals surface area contributed by atoms with Crippen LogP contribution in [-0.2, 0) is 6.54 Å². The van der Waals surface area contributed by atoms with E-state index in [0.717, 1.165) is 24.2 Å². The first kappa shape index (κ1) is 16.4. The van der Waals surface area contributed by atoms with E-state index < -0.39 is 0 Å². The number of carbonyl (C=O) groups excluding carboxylic acids is 1. The van der Waals surface area contributed by atoms with Crippen LogP contribution < -0.4 is 9.47 Å². The lowest BCUT2D eigenvalue weighted by atomic mass is 10.1. The van der Waals surface area contributed by atoms with E-state index in [1.54, 1.807) is 25.2 Å². The van der Waals surface area contributed by atoms with Crippen molar-refractivity contribution in [2.45, 2.75) is 32.2 Å². The molecule has 0 radical (unpaired) electrons. The summed E-state index contributed by atoms with van der Waals surface area (Å²) in [5.74, 6) is 2.46. The van der Waals surface area contributed by atoms with Gasteiger partial charge in [-0.25, -0.2) is 0 Å². The van der Waals surface area contributed by atoms with Crippen molar-refractivity contribution in [3.63, 3.8) is 0 Å². The van der Waals surface area contributed by atoms with Gasteiger partial charge in [-0.15, -0.1) is 0 Å². The molecule has 1 amide bonds. The van der Waals surface area contributed by atoms with Crippen molar-refractivity contribution in [1.82, 2.24) is 10.1 Å². The molecule has 1 fully saturated rings. The van der Waals surface area contributed by atoms with E-state index in [2.05, 4.69) is 5.16 Å². The number of amides is 1. The maximum absolute atomic E-state index is 12.7. The first-order valence-corrected chi connectivity index (χ1v) is 8.13. The minimum Gasteiger partial charge on any atom is -0.493 e. The predicted molar refractivity (Wildman–Crippen MR) is 88.4 cm³/mol. The predicted octanol–water partition coefficient (Wildman–Crippen LogP) is 3.23. The number of methoxy groups -OCH3 is 2. The van der Waals surface area contributed by atoms with Crippen LogP contribution in [0.25, 0.3) is 0 Å². The molecule has 0 aliphatic heterocycles. The maximum atomic E-state index is 12.7. The molecule has 1 saturated carbocycles. The Balaban J connectivity index is 1.74. The summed E-state index contributed by atoms with van der Waals surface area (Å²) in [6.07, 6.45) is 2.23. The number of hydrogen-bond acceptors (Lipinski definition) is 5. The van der Waals surface area contributed by atoms with Crippen LogP contribution in [0, 0.1) is 0 Å². The standard InChI is InChI=1S/C18H22N2O4/c1-4-20(11-12-5-8-15(22-2)17(9-12)23-3)18(21)14-10-16(24-19-14)13-6-7-13/h5,8-10,13H,4,6-7,11H2,1-3H3. The summed E-state index contributed by atoms with van der Waals surface area (Å²) in [6.45, 7) is 3.00. The number of hydrogen-bond donors (Lipinski definition) is 0. The van der Waals surface area contributed by atoms with E-state index >= 15 is 0 Å². The van der Waals surface area contributed by atoms with E-state index in [-0.39, 0.29) is 5.91 Å². The Bertz CT molecular complexity index is 722. The molecule has 24 heavy (non-hydrogen) atoms. The molecule has 1 aromatic carbocycles. The van der Waals surface area contributed by atoms with Crippen molar-refractivity contribution < 1.29 is 18.8 Å². The molecule has 6 nitrogen and oxygen atoms in total. The van der Waals surface area contributed by atoms with Gasteiger partial charge in [-0.2, -0.15) is 0 Å². The Labute approximate surface area is 141 Å². The molecule has 1 aromatic heterocycles. The molecular formula is C18H22N2O4.